The van der Waals surface area contributed by atoms with Gasteiger partial charge >= 0.3 is 0 Å². The van der Waals surface area contributed by atoms with Crippen molar-refractivity contribution >= 4 is 5.91 Å². The molecule has 4 heteroatoms. The molecule has 4 nitrogen and oxygen atoms in total. The second-order valence-corrected chi connectivity index (χ2v) is 4.31. The standard InChI is InChI=1S/C11H22N2O2/c1-9(12)8-11(14)13-6-5-10-4-2-3-7-15-10/h9-10H,2-8,12H2,1H3,(H,13,14). The van der Waals surface area contributed by atoms with E-state index in [2.05, 4.69) is 5.32 Å². The van der Waals surface area contributed by atoms with Crippen molar-refractivity contribution in [1.29, 1.82) is 0 Å². The molecular formula is C11H22N2O2. The average Bonchev–Trinajstić information content (AvgIpc) is 2.18. The van der Waals surface area contributed by atoms with E-state index in [1.807, 2.05) is 6.92 Å². The van der Waals surface area contributed by atoms with Gasteiger partial charge in [-0.3, -0.25) is 4.79 Å². The molecule has 1 aliphatic rings. The minimum atomic E-state index is -0.0593. The van der Waals surface area contributed by atoms with Crippen molar-refractivity contribution in [2.75, 3.05) is 13.2 Å². The molecule has 0 saturated carbocycles. The molecule has 0 aliphatic carbocycles. The fourth-order valence-corrected chi connectivity index (χ4v) is 1.77. The molecule has 1 aliphatic heterocycles. The van der Waals surface area contributed by atoms with E-state index in [-0.39, 0.29) is 11.9 Å². The lowest BCUT2D eigenvalue weighted by atomic mass is 10.1. The molecule has 15 heavy (non-hydrogen) atoms. The van der Waals surface area contributed by atoms with Gasteiger partial charge in [-0.2, -0.15) is 0 Å². The number of ether oxygens (including phenoxy) is 1. The Hall–Kier alpha value is -0.610. The summed E-state index contributed by atoms with van der Waals surface area (Å²) in [5.74, 6) is 0.0424. The molecule has 1 saturated heterocycles. The van der Waals surface area contributed by atoms with Gasteiger partial charge in [0.15, 0.2) is 0 Å². The minimum absolute atomic E-state index is 0.0424. The van der Waals surface area contributed by atoms with Crippen molar-refractivity contribution in [2.24, 2.45) is 5.73 Å². The van der Waals surface area contributed by atoms with E-state index in [1.54, 1.807) is 0 Å². The molecular weight excluding hydrogens is 192 g/mol. The Labute approximate surface area is 91.5 Å². The Kier molecular flexibility index (Phi) is 5.65. The van der Waals surface area contributed by atoms with E-state index < -0.39 is 0 Å². The number of nitrogens with one attached hydrogen (secondary N) is 1. The van der Waals surface area contributed by atoms with Gasteiger partial charge in [0.05, 0.1) is 6.10 Å². The molecule has 1 rings (SSSR count). The fraction of sp³-hybridized carbons (Fsp3) is 0.909. The van der Waals surface area contributed by atoms with Crippen LogP contribution in [0, 0.1) is 0 Å². The maximum atomic E-state index is 11.3. The summed E-state index contributed by atoms with van der Waals surface area (Å²) in [5.41, 5.74) is 5.52. The quantitative estimate of drug-likeness (QED) is 0.711. The number of nitrogens with two attached hydrogens (primary N) is 1. The largest absolute Gasteiger partial charge is 0.378 e. The van der Waals surface area contributed by atoms with Crippen LogP contribution in [0.15, 0.2) is 0 Å². The number of rotatable bonds is 5. The summed E-state index contributed by atoms with van der Waals surface area (Å²) in [5, 5.41) is 2.86. The Balaban J connectivity index is 2.02. The van der Waals surface area contributed by atoms with Crippen LogP contribution < -0.4 is 11.1 Å². The van der Waals surface area contributed by atoms with Gasteiger partial charge in [-0.15, -0.1) is 0 Å². The monoisotopic (exact) mass is 214 g/mol. The highest BCUT2D eigenvalue weighted by molar-refractivity contribution is 5.76. The van der Waals surface area contributed by atoms with E-state index in [9.17, 15) is 4.79 Å². The summed E-state index contributed by atoms with van der Waals surface area (Å²) in [6.07, 6.45) is 5.22. The molecule has 1 heterocycles. The normalized spacial score (nSPS) is 23.5. The van der Waals surface area contributed by atoms with Gasteiger partial charge in [0.1, 0.15) is 0 Å². The third-order valence-electron chi connectivity index (χ3n) is 2.57. The molecule has 0 aromatic carbocycles. The first-order valence-corrected chi connectivity index (χ1v) is 5.82. The highest BCUT2D eigenvalue weighted by atomic mass is 16.5. The van der Waals surface area contributed by atoms with Gasteiger partial charge in [0.25, 0.3) is 0 Å². The van der Waals surface area contributed by atoms with Crippen LogP contribution in [0.4, 0.5) is 0 Å². The van der Waals surface area contributed by atoms with Gasteiger partial charge in [-0.05, 0) is 32.6 Å². The van der Waals surface area contributed by atoms with Gasteiger partial charge in [0, 0.05) is 25.6 Å². The summed E-state index contributed by atoms with van der Waals surface area (Å²) < 4.78 is 5.56. The number of carbonyl (C=O) groups excluding carboxylic acids is 1. The molecule has 0 bridgehead atoms. The van der Waals surface area contributed by atoms with Crippen LogP contribution in [0.2, 0.25) is 0 Å². The third-order valence-corrected chi connectivity index (χ3v) is 2.57. The molecule has 3 N–H and O–H groups in total. The van der Waals surface area contributed by atoms with Crippen LogP contribution in [-0.4, -0.2) is 31.2 Å². The molecule has 2 unspecified atom stereocenters. The zero-order valence-electron chi connectivity index (χ0n) is 9.50. The summed E-state index contributed by atoms with van der Waals surface area (Å²) >= 11 is 0. The van der Waals surface area contributed by atoms with E-state index in [4.69, 9.17) is 10.5 Å². The minimum Gasteiger partial charge on any atom is -0.378 e. The van der Waals surface area contributed by atoms with E-state index in [0.29, 0.717) is 19.1 Å². The first kappa shape index (κ1) is 12.5. The van der Waals surface area contributed by atoms with Crippen LogP contribution >= 0.6 is 0 Å². The van der Waals surface area contributed by atoms with Crippen LogP contribution in [0.3, 0.4) is 0 Å². The molecule has 2 atom stereocenters. The lowest BCUT2D eigenvalue weighted by Gasteiger charge is -2.22. The lowest BCUT2D eigenvalue weighted by Crippen LogP contribution is -2.32. The number of carbonyl (C=O) groups is 1. The van der Waals surface area contributed by atoms with Gasteiger partial charge in [0.2, 0.25) is 5.91 Å². The second-order valence-electron chi connectivity index (χ2n) is 4.31. The molecule has 1 amide bonds. The Morgan fingerprint density at radius 1 is 1.60 bits per heavy atom. The molecule has 88 valence electrons. The maximum absolute atomic E-state index is 11.3. The number of hydrogen-bond acceptors (Lipinski definition) is 3. The van der Waals surface area contributed by atoms with Crippen molar-refractivity contribution < 1.29 is 9.53 Å². The molecule has 0 aromatic rings. The third kappa shape index (κ3) is 5.74. The predicted octanol–water partition coefficient (Wildman–Crippen LogP) is 0.799. The van der Waals surface area contributed by atoms with E-state index >= 15 is 0 Å². The summed E-state index contributed by atoms with van der Waals surface area (Å²) in [6, 6.07) is -0.0593. The zero-order valence-corrected chi connectivity index (χ0v) is 9.50. The average molecular weight is 214 g/mol. The van der Waals surface area contributed by atoms with Crippen molar-refractivity contribution in [1.82, 2.24) is 5.32 Å². The Morgan fingerprint density at radius 2 is 2.40 bits per heavy atom. The van der Waals surface area contributed by atoms with Gasteiger partial charge in [-0.25, -0.2) is 0 Å². The fourth-order valence-electron chi connectivity index (χ4n) is 1.77. The summed E-state index contributed by atoms with van der Waals surface area (Å²) in [7, 11) is 0. The SMILES string of the molecule is CC(N)CC(=O)NCCC1CCCCO1. The van der Waals surface area contributed by atoms with E-state index in [1.165, 1.54) is 12.8 Å². The highest BCUT2D eigenvalue weighted by Crippen LogP contribution is 2.14. The topological polar surface area (TPSA) is 64.4 Å². The summed E-state index contributed by atoms with van der Waals surface area (Å²) in [4.78, 5) is 11.3. The molecule has 0 spiro atoms. The van der Waals surface area contributed by atoms with Crippen molar-refractivity contribution in [3.63, 3.8) is 0 Å². The first-order chi connectivity index (χ1) is 7.18. The number of amides is 1. The van der Waals surface area contributed by atoms with Crippen molar-refractivity contribution in [3.8, 4) is 0 Å². The lowest BCUT2D eigenvalue weighted by molar-refractivity contribution is -0.121. The molecule has 1 fully saturated rings. The van der Waals surface area contributed by atoms with E-state index in [0.717, 1.165) is 19.4 Å². The summed E-state index contributed by atoms with van der Waals surface area (Å²) in [6.45, 7) is 3.42. The predicted molar refractivity (Wildman–Crippen MR) is 59.5 cm³/mol. The second kappa shape index (κ2) is 6.80. The van der Waals surface area contributed by atoms with Crippen molar-refractivity contribution in [2.45, 2.75) is 51.2 Å². The Bertz CT molecular complexity index is 189. The first-order valence-electron chi connectivity index (χ1n) is 5.82. The highest BCUT2D eigenvalue weighted by Gasteiger charge is 2.13. The number of hydrogen-bond donors (Lipinski definition) is 2. The van der Waals surface area contributed by atoms with Crippen LogP contribution in [0.5, 0.6) is 0 Å². The molecule has 0 aromatic heterocycles. The van der Waals surface area contributed by atoms with Crippen LogP contribution in [-0.2, 0) is 9.53 Å². The van der Waals surface area contributed by atoms with Gasteiger partial charge < -0.3 is 15.8 Å². The smallest absolute Gasteiger partial charge is 0.221 e. The Morgan fingerprint density at radius 3 is 3.00 bits per heavy atom. The zero-order chi connectivity index (χ0) is 11.1. The molecule has 0 radical (unpaired) electrons. The van der Waals surface area contributed by atoms with Crippen LogP contribution in [0.25, 0.3) is 0 Å². The van der Waals surface area contributed by atoms with Gasteiger partial charge in [-0.1, -0.05) is 0 Å². The maximum Gasteiger partial charge on any atom is 0.221 e. The van der Waals surface area contributed by atoms with Crippen LogP contribution in [0.1, 0.15) is 39.0 Å². The van der Waals surface area contributed by atoms with Crippen molar-refractivity contribution in [3.05, 3.63) is 0 Å².